The Morgan fingerprint density at radius 1 is 0.362 bits per heavy atom. The van der Waals surface area contributed by atoms with Gasteiger partial charge < -0.3 is 9.13 Å². The summed E-state index contributed by atoms with van der Waals surface area (Å²) < 4.78 is 9.43. The average molecular weight is 1050 g/mol. The molecule has 80 heavy (non-hydrogen) atoms. The van der Waals surface area contributed by atoms with Crippen molar-refractivity contribution >= 4 is 112 Å². The van der Waals surface area contributed by atoms with Gasteiger partial charge in [-0.05, 0) is 80.9 Å². The summed E-state index contributed by atoms with van der Waals surface area (Å²) in [6, 6.07) is 93.4. The first kappa shape index (κ1) is 45.8. The SMILES string of the molecule is [C-]#[N+]c1c(-c2ccccc2)c(C#N)c(-n2c3c(cc(-c4ccccc4)c4c5ccccc5sc43)c3cc(-c4ccccc4)c4c5ccccc5sc4c32)c(-c2ccccc2)c1-n1c2ccccc2c2ccc(-c3ccccc3)cc21. The minimum absolute atomic E-state index is 0.403. The van der Waals surface area contributed by atoms with Crippen LogP contribution in [0.3, 0.4) is 0 Å². The standard InChI is InChI=1S/C74H42N4S2/c1-76-68-64(48-29-13-5-14-30-48)59(44-75)69(65(49-31-15-6-16-32-49)72(68)77-60-36-20-17-33-51(60)52-40-39-50(41-61(52)77)45-23-7-2-8-24-45)78-70-57(42-55(46-25-9-3-10-26-46)66-53-34-18-21-37-62(53)79-73(66)70)58-43-56(47-27-11-4-12-28-47)67-54-35-19-22-38-63(54)80-74(67)71(58)78/h2-43H. The summed E-state index contributed by atoms with van der Waals surface area (Å²) in [7, 11) is 0. The van der Waals surface area contributed by atoms with Crippen LogP contribution in [0.15, 0.2) is 255 Å². The van der Waals surface area contributed by atoms with E-state index in [0.29, 0.717) is 22.5 Å². The predicted molar refractivity (Wildman–Crippen MR) is 339 cm³/mol. The molecule has 0 aliphatic rings. The van der Waals surface area contributed by atoms with E-state index in [1.54, 1.807) is 0 Å². The molecule has 370 valence electrons. The summed E-state index contributed by atoms with van der Waals surface area (Å²) in [5, 5.41) is 21.5. The molecule has 0 amide bonds. The third kappa shape index (κ3) is 6.71. The molecule has 4 heterocycles. The lowest BCUT2D eigenvalue weighted by Crippen LogP contribution is -2.09. The highest BCUT2D eigenvalue weighted by molar-refractivity contribution is 7.27. The first-order valence-electron chi connectivity index (χ1n) is 26.8. The van der Waals surface area contributed by atoms with Gasteiger partial charge in [-0.25, -0.2) is 4.85 Å². The van der Waals surface area contributed by atoms with Crippen molar-refractivity contribution in [1.82, 2.24) is 9.13 Å². The maximum Gasteiger partial charge on any atom is 0.220 e. The number of thiophene rings is 2. The first-order valence-corrected chi connectivity index (χ1v) is 28.4. The lowest BCUT2D eigenvalue weighted by molar-refractivity contribution is 1.14. The Hall–Kier alpha value is -10.3. The van der Waals surface area contributed by atoms with E-state index >= 15 is 0 Å². The van der Waals surface area contributed by atoms with Crippen LogP contribution in [0.1, 0.15) is 5.56 Å². The summed E-state index contributed by atoms with van der Waals surface area (Å²) in [6.45, 7) is 9.56. The monoisotopic (exact) mass is 1050 g/mol. The second-order valence-corrected chi connectivity index (χ2v) is 22.5. The van der Waals surface area contributed by atoms with E-state index in [4.69, 9.17) is 0 Å². The van der Waals surface area contributed by atoms with Gasteiger partial charge in [0, 0.05) is 63.6 Å². The van der Waals surface area contributed by atoms with Gasteiger partial charge in [-0.2, -0.15) is 5.26 Å². The Bertz CT molecular complexity index is 5120. The summed E-state index contributed by atoms with van der Waals surface area (Å²) in [5.74, 6) is 0. The molecule has 0 fully saturated rings. The van der Waals surface area contributed by atoms with Crippen molar-refractivity contribution in [3.05, 3.63) is 272 Å². The lowest BCUT2D eigenvalue weighted by Gasteiger charge is -2.26. The molecule has 16 rings (SSSR count). The highest BCUT2D eigenvalue weighted by atomic mass is 32.1. The largest absolute Gasteiger partial charge is 0.318 e. The first-order chi connectivity index (χ1) is 39.7. The van der Waals surface area contributed by atoms with Crippen LogP contribution in [-0.2, 0) is 0 Å². The van der Waals surface area contributed by atoms with Gasteiger partial charge in [0.05, 0.1) is 55.0 Å². The van der Waals surface area contributed by atoms with Crippen LogP contribution in [0.5, 0.6) is 0 Å². The molecule has 6 heteroatoms. The van der Waals surface area contributed by atoms with Crippen LogP contribution in [0.2, 0.25) is 0 Å². The number of hydrogen-bond acceptors (Lipinski definition) is 3. The fourth-order valence-electron chi connectivity index (χ4n) is 12.8. The molecule has 0 N–H and O–H groups in total. The molecule has 4 nitrogen and oxygen atoms in total. The smallest absolute Gasteiger partial charge is 0.220 e. The number of fused-ring (bicyclic) bond motifs is 14. The van der Waals surface area contributed by atoms with Gasteiger partial charge in [-0.1, -0.05) is 218 Å². The van der Waals surface area contributed by atoms with E-state index in [1.807, 2.05) is 46.9 Å². The molecule has 0 saturated heterocycles. The molecule has 12 aromatic carbocycles. The zero-order chi connectivity index (χ0) is 53.0. The molecule has 4 aromatic heterocycles. The Morgan fingerprint density at radius 3 is 1.31 bits per heavy atom. The predicted octanol–water partition coefficient (Wildman–Crippen LogP) is 21.4. The molecule has 0 radical (unpaired) electrons. The van der Waals surface area contributed by atoms with Crippen molar-refractivity contribution in [2.75, 3.05) is 0 Å². The van der Waals surface area contributed by atoms with Gasteiger partial charge in [0.2, 0.25) is 5.69 Å². The van der Waals surface area contributed by atoms with Crippen LogP contribution in [0, 0.1) is 17.9 Å². The Morgan fingerprint density at radius 2 is 0.800 bits per heavy atom. The van der Waals surface area contributed by atoms with Gasteiger partial charge in [0.1, 0.15) is 6.07 Å². The van der Waals surface area contributed by atoms with Crippen LogP contribution in [-0.4, -0.2) is 9.13 Å². The molecule has 0 spiro atoms. The van der Waals surface area contributed by atoms with Gasteiger partial charge in [-0.15, -0.1) is 22.7 Å². The maximum atomic E-state index is 12.5. The average Bonchev–Trinajstić information content (AvgIpc) is 4.45. The third-order valence-corrected chi connectivity index (χ3v) is 18.5. The van der Waals surface area contributed by atoms with Gasteiger partial charge in [-0.3, -0.25) is 0 Å². The van der Waals surface area contributed by atoms with E-state index in [9.17, 15) is 11.8 Å². The van der Waals surface area contributed by atoms with Crippen LogP contribution < -0.4 is 0 Å². The summed E-state index contributed by atoms with van der Waals surface area (Å²) >= 11 is 3.62. The fraction of sp³-hybridized carbons (Fsp3) is 0. The lowest BCUT2D eigenvalue weighted by atomic mass is 9.88. The third-order valence-electron chi connectivity index (χ3n) is 16.2. The Labute approximate surface area is 468 Å². The number of para-hydroxylation sites is 1. The zero-order valence-corrected chi connectivity index (χ0v) is 44.5. The highest BCUT2D eigenvalue weighted by Gasteiger charge is 2.34. The van der Waals surface area contributed by atoms with Crippen molar-refractivity contribution in [2.45, 2.75) is 0 Å². The number of aromatic nitrogens is 2. The molecule has 16 aromatic rings. The molecule has 0 unspecified atom stereocenters. The zero-order valence-electron chi connectivity index (χ0n) is 42.9. The summed E-state index contributed by atoms with van der Waals surface area (Å²) in [4.78, 5) is 4.66. The van der Waals surface area contributed by atoms with Gasteiger partial charge in [0.25, 0.3) is 0 Å². The topological polar surface area (TPSA) is 38.0 Å². The minimum atomic E-state index is 0.403. The summed E-state index contributed by atoms with van der Waals surface area (Å²) in [6.07, 6.45) is 0. The Balaban J connectivity index is 1.22. The van der Waals surface area contributed by atoms with Crippen molar-refractivity contribution in [1.29, 1.82) is 5.26 Å². The summed E-state index contributed by atoms with van der Waals surface area (Å²) in [5.41, 5.74) is 16.0. The molecular weight excluding hydrogens is 1010 g/mol. The van der Waals surface area contributed by atoms with Crippen molar-refractivity contribution < 1.29 is 0 Å². The quantitative estimate of drug-likeness (QED) is 0.147. The second kappa shape index (κ2) is 18.1. The van der Waals surface area contributed by atoms with Crippen molar-refractivity contribution in [3.8, 4) is 73.1 Å². The number of nitrogens with zero attached hydrogens (tertiary/aromatic N) is 4. The second-order valence-electron chi connectivity index (χ2n) is 20.4. The van der Waals surface area contributed by atoms with Gasteiger partial charge in [0.15, 0.2) is 0 Å². The highest BCUT2D eigenvalue weighted by Crippen LogP contribution is 2.57. The van der Waals surface area contributed by atoms with E-state index in [2.05, 4.69) is 251 Å². The fourth-order valence-corrected chi connectivity index (χ4v) is 15.3. The molecule has 0 aliphatic carbocycles. The molecule has 0 aliphatic heterocycles. The number of hydrogen-bond donors (Lipinski definition) is 0. The molecule has 0 atom stereocenters. The van der Waals surface area contributed by atoms with E-state index in [-0.39, 0.29) is 0 Å². The van der Waals surface area contributed by atoms with Crippen LogP contribution in [0.25, 0.3) is 156 Å². The van der Waals surface area contributed by atoms with E-state index in [1.165, 1.54) is 30.9 Å². The molecule has 0 saturated carbocycles. The van der Waals surface area contributed by atoms with E-state index < -0.39 is 0 Å². The van der Waals surface area contributed by atoms with Crippen LogP contribution >= 0.6 is 22.7 Å². The maximum absolute atomic E-state index is 12.5. The minimum Gasteiger partial charge on any atom is -0.318 e. The van der Waals surface area contributed by atoms with E-state index in [0.717, 1.165) is 109 Å². The normalized spacial score (nSPS) is 11.7. The van der Waals surface area contributed by atoms with Crippen LogP contribution in [0.4, 0.5) is 5.69 Å². The number of nitriles is 1. The molecular formula is C74H42N4S2. The Kier molecular flexibility index (Phi) is 10.4. The van der Waals surface area contributed by atoms with Crippen molar-refractivity contribution in [3.63, 3.8) is 0 Å². The van der Waals surface area contributed by atoms with Gasteiger partial charge >= 0.3 is 0 Å². The number of benzene rings is 12. The number of rotatable bonds is 7. The van der Waals surface area contributed by atoms with Crippen molar-refractivity contribution in [2.24, 2.45) is 0 Å². The molecule has 0 bridgehead atoms.